The number of pyridine rings is 1. The quantitative estimate of drug-likeness (QED) is 0.314. The van der Waals surface area contributed by atoms with Crippen LogP contribution in [0, 0.1) is 18.7 Å². The molecule has 1 N–H and O–H groups in total. The van der Waals surface area contributed by atoms with Crippen molar-refractivity contribution in [2.45, 2.75) is 55.6 Å². The normalized spacial score (nSPS) is 17.8. The molecular formula is C26H22F7N5O3S. The van der Waals surface area contributed by atoms with Crippen LogP contribution in [0.4, 0.5) is 30.7 Å². The number of carbonyl (C=O) groups excluding carboxylic acids is 1. The minimum Gasteiger partial charge on any atom is -0.351 e. The molecule has 0 radical (unpaired) electrons. The van der Waals surface area contributed by atoms with Crippen molar-refractivity contribution < 1.29 is 43.9 Å². The Balaban J connectivity index is 0.00000237. The summed E-state index contributed by atoms with van der Waals surface area (Å²) >= 11 is 0. The first-order valence-electron chi connectivity index (χ1n) is 11.9. The minimum atomic E-state index is -4.89. The number of nitrogens with one attached hydrogen (secondary N) is 1. The minimum absolute atomic E-state index is 0.0873. The number of rotatable bonds is 6. The van der Waals surface area contributed by atoms with Crippen LogP contribution in [0.2, 0.25) is 0 Å². The lowest BCUT2D eigenvalue weighted by Crippen LogP contribution is -2.48. The molecular weight excluding hydrogens is 595 g/mol. The number of hydrogen-bond acceptors (Lipinski definition) is 6. The number of hydrogen-bond donors (Lipinski definition) is 1. The van der Waals surface area contributed by atoms with E-state index in [2.05, 4.69) is 33.1 Å². The Morgan fingerprint density at radius 1 is 0.976 bits per heavy atom. The van der Waals surface area contributed by atoms with E-state index in [-0.39, 0.29) is 22.6 Å². The monoisotopic (exact) mass is 617 g/mol. The molecule has 1 aliphatic heterocycles. The molecule has 1 aromatic carbocycles. The number of amides is 1. The van der Waals surface area contributed by atoms with E-state index in [0.29, 0.717) is 12.6 Å². The van der Waals surface area contributed by atoms with E-state index in [1.807, 2.05) is 0 Å². The fourth-order valence-electron chi connectivity index (χ4n) is 4.30. The number of aromatic nitrogens is 3. The Morgan fingerprint density at radius 2 is 1.57 bits per heavy atom. The van der Waals surface area contributed by atoms with E-state index < -0.39 is 69.7 Å². The number of carbonyl (C=O) groups is 1. The zero-order chi connectivity index (χ0) is 31.5. The van der Waals surface area contributed by atoms with Crippen molar-refractivity contribution >= 4 is 15.9 Å². The fraction of sp³-hybridized carbons (Fsp3) is 0.308. The molecule has 0 aliphatic carbocycles. The van der Waals surface area contributed by atoms with Crippen molar-refractivity contribution in [1.82, 2.24) is 24.6 Å². The van der Waals surface area contributed by atoms with Gasteiger partial charge in [-0.25, -0.2) is 22.8 Å². The van der Waals surface area contributed by atoms with Crippen LogP contribution in [0.3, 0.4) is 0 Å². The van der Waals surface area contributed by atoms with Crippen LogP contribution in [-0.2, 0) is 33.7 Å². The van der Waals surface area contributed by atoms with Crippen molar-refractivity contribution in [3.63, 3.8) is 0 Å². The summed E-state index contributed by atoms with van der Waals surface area (Å²) in [6, 6.07) is 3.05. The third-order valence-electron chi connectivity index (χ3n) is 6.24. The van der Waals surface area contributed by atoms with Crippen molar-refractivity contribution in [2.24, 2.45) is 0 Å². The Morgan fingerprint density at radius 3 is 2.12 bits per heavy atom. The third-order valence-corrected chi connectivity index (χ3v) is 8.28. The molecule has 1 fully saturated rings. The van der Waals surface area contributed by atoms with Crippen LogP contribution in [0.25, 0.3) is 11.3 Å². The topological polar surface area (TPSA) is 105 Å². The standard InChI is InChI=1S/C24H20F7N5O3S.C2H2/c1-13-2-7-20(36(13)40(38,39)17-5-3-16(25)4-6-17)21(37)33-9-14-8-19(32-12-18(14)23(26,27)28)15-10-34-22(35-11-15)24(29,30)31;1-2/h3-6,8,10-13,20H,2,7,9H2,1H3,(H,33,37);1-2H/t13-,20-;/m0./s1. The molecule has 0 unspecified atom stereocenters. The lowest BCUT2D eigenvalue weighted by atomic mass is 10.1. The summed E-state index contributed by atoms with van der Waals surface area (Å²) in [6.45, 7) is 0.872. The number of nitrogens with zero attached hydrogens (tertiary/aromatic N) is 4. The van der Waals surface area contributed by atoms with Gasteiger partial charge in [0.05, 0.1) is 16.2 Å². The van der Waals surface area contributed by atoms with E-state index in [0.717, 1.165) is 47.0 Å². The van der Waals surface area contributed by atoms with Gasteiger partial charge in [-0.3, -0.25) is 9.78 Å². The number of benzene rings is 1. The van der Waals surface area contributed by atoms with E-state index in [1.54, 1.807) is 6.92 Å². The first-order chi connectivity index (χ1) is 19.6. The van der Waals surface area contributed by atoms with Gasteiger partial charge in [0.1, 0.15) is 11.9 Å². The Hall–Kier alpha value is -4.10. The van der Waals surface area contributed by atoms with Gasteiger partial charge in [-0.05, 0) is 55.7 Å². The van der Waals surface area contributed by atoms with Crippen LogP contribution in [-0.4, -0.2) is 45.7 Å². The van der Waals surface area contributed by atoms with Crippen LogP contribution >= 0.6 is 0 Å². The zero-order valence-electron chi connectivity index (χ0n) is 21.6. The predicted molar refractivity (Wildman–Crippen MR) is 135 cm³/mol. The van der Waals surface area contributed by atoms with Crippen molar-refractivity contribution in [3.8, 4) is 24.1 Å². The molecule has 1 aliphatic rings. The smallest absolute Gasteiger partial charge is 0.351 e. The average Bonchev–Trinajstić information content (AvgIpc) is 3.34. The van der Waals surface area contributed by atoms with Gasteiger partial charge < -0.3 is 5.32 Å². The summed E-state index contributed by atoms with van der Waals surface area (Å²) in [5.74, 6) is -2.97. The third kappa shape index (κ3) is 7.02. The van der Waals surface area contributed by atoms with Crippen LogP contribution in [0.5, 0.6) is 0 Å². The maximum atomic E-state index is 13.7. The first kappa shape index (κ1) is 32.4. The van der Waals surface area contributed by atoms with Gasteiger partial charge in [0.2, 0.25) is 21.8 Å². The zero-order valence-corrected chi connectivity index (χ0v) is 22.4. The maximum Gasteiger partial charge on any atom is 0.451 e. The lowest BCUT2D eigenvalue weighted by Gasteiger charge is -2.27. The van der Waals surface area contributed by atoms with Gasteiger partial charge in [0, 0.05) is 36.7 Å². The molecule has 0 saturated carbocycles. The fourth-order valence-corrected chi connectivity index (χ4v) is 6.14. The molecule has 16 heteroatoms. The summed E-state index contributed by atoms with van der Waals surface area (Å²) < 4.78 is 120. The van der Waals surface area contributed by atoms with Gasteiger partial charge in [-0.15, -0.1) is 12.8 Å². The summed E-state index contributed by atoms with van der Waals surface area (Å²) in [4.78, 5) is 22.8. The maximum absolute atomic E-state index is 13.7. The highest BCUT2D eigenvalue weighted by atomic mass is 32.2. The molecule has 3 heterocycles. The number of alkyl halides is 6. The molecule has 2 aromatic heterocycles. The van der Waals surface area contributed by atoms with Gasteiger partial charge in [0.25, 0.3) is 0 Å². The first-order valence-corrected chi connectivity index (χ1v) is 13.4. The van der Waals surface area contributed by atoms with E-state index in [4.69, 9.17) is 0 Å². The second kappa shape index (κ2) is 12.4. The van der Waals surface area contributed by atoms with Crippen LogP contribution in [0.1, 0.15) is 36.7 Å². The molecule has 3 aromatic rings. The molecule has 1 saturated heterocycles. The molecule has 42 heavy (non-hydrogen) atoms. The number of sulfonamides is 1. The molecule has 1 amide bonds. The molecule has 8 nitrogen and oxygen atoms in total. The predicted octanol–water partition coefficient (Wildman–Crippen LogP) is 4.82. The number of terminal acetylenes is 1. The van der Waals surface area contributed by atoms with E-state index in [9.17, 15) is 43.9 Å². The van der Waals surface area contributed by atoms with Crippen molar-refractivity contribution in [3.05, 3.63) is 71.7 Å². The Kier molecular flexibility index (Phi) is 9.58. The van der Waals surface area contributed by atoms with Crippen molar-refractivity contribution in [2.75, 3.05) is 0 Å². The number of halogens is 7. The Labute approximate surface area is 236 Å². The SMILES string of the molecule is C#C.C[C@H]1CC[C@@H](C(=O)NCc2cc(-c3cnc(C(F)(F)F)nc3)ncc2C(F)(F)F)N1S(=O)(=O)c1ccc(F)cc1. The van der Waals surface area contributed by atoms with Crippen molar-refractivity contribution in [1.29, 1.82) is 0 Å². The molecule has 0 bridgehead atoms. The summed E-state index contributed by atoms with van der Waals surface area (Å²) in [5, 5.41) is 2.33. The second-order valence-corrected chi connectivity index (χ2v) is 10.8. The molecule has 224 valence electrons. The van der Waals surface area contributed by atoms with Gasteiger partial charge >= 0.3 is 12.4 Å². The highest BCUT2D eigenvalue weighted by molar-refractivity contribution is 7.89. The Bertz CT molecular complexity index is 1540. The summed E-state index contributed by atoms with van der Waals surface area (Å²) in [7, 11) is -4.25. The van der Waals surface area contributed by atoms with Crippen LogP contribution < -0.4 is 5.32 Å². The van der Waals surface area contributed by atoms with E-state index >= 15 is 0 Å². The van der Waals surface area contributed by atoms with Gasteiger partial charge in [-0.1, -0.05) is 0 Å². The summed E-state index contributed by atoms with van der Waals surface area (Å²) in [6.07, 6.45) is 0.651. The lowest BCUT2D eigenvalue weighted by molar-refractivity contribution is -0.145. The molecule has 0 spiro atoms. The second-order valence-electron chi connectivity index (χ2n) is 8.97. The van der Waals surface area contributed by atoms with Gasteiger partial charge in [0.15, 0.2) is 0 Å². The average molecular weight is 618 g/mol. The highest BCUT2D eigenvalue weighted by Gasteiger charge is 2.44. The molecule has 2 atom stereocenters. The largest absolute Gasteiger partial charge is 0.451 e. The van der Waals surface area contributed by atoms with Gasteiger partial charge in [-0.2, -0.15) is 30.6 Å². The molecule has 4 rings (SSSR count). The summed E-state index contributed by atoms with van der Waals surface area (Å²) in [5.41, 5.74) is -1.96. The highest BCUT2D eigenvalue weighted by Crippen LogP contribution is 2.35. The van der Waals surface area contributed by atoms with E-state index in [1.165, 1.54) is 0 Å². The van der Waals surface area contributed by atoms with Crippen LogP contribution in [0.15, 0.2) is 53.8 Å².